The number of carbonyl (C=O) groups is 1. The number of rotatable bonds is 3. The van der Waals surface area contributed by atoms with Gasteiger partial charge in [0.05, 0.1) is 11.1 Å². The van der Waals surface area contributed by atoms with Crippen molar-refractivity contribution in [1.29, 1.82) is 0 Å². The van der Waals surface area contributed by atoms with Crippen LogP contribution in [0.25, 0.3) is 0 Å². The Balaban J connectivity index is 1.89. The minimum absolute atomic E-state index is 0.172. The molecular formula is C16H15ClN2O2. The molecule has 0 bridgehead atoms. The van der Waals surface area contributed by atoms with Crippen LogP contribution < -0.4 is 10.5 Å². The monoisotopic (exact) mass is 302 g/mol. The highest BCUT2D eigenvalue weighted by atomic mass is 35.5. The summed E-state index contributed by atoms with van der Waals surface area (Å²) in [6, 6.07) is 10.7. The molecule has 108 valence electrons. The van der Waals surface area contributed by atoms with Gasteiger partial charge in [-0.3, -0.25) is 4.90 Å². The third-order valence-corrected chi connectivity index (χ3v) is 3.94. The standard InChI is InChI=1S/C16H15ClN2O2/c1-19-8-10-6-12(3-4-13(10)15(19)9-20)21-16-5-2-11(18)7-14(16)17/h2-7,9,15H,8,18H2,1H3. The van der Waals surface area contributed by atoms with E-state index < -0.39 is 0 Å². The maximum absolute atomic E-state index is 11.1. The molecule has 5 heteroatoms. The number of hydrogen-bond donors (Lipinski definition) is 1. The van der Waals surface area contributed by atoms with Crippen LogP contribution in [-0.2, 0) is 11.3 Å². The maximum atomic E-state index is 11.1. The van der Waals surface area contributed by atoms with Gasteiger partial charge in [-0.2, -0.15) is 0 Å². The van der Waals surface area contributed by atoms with Crippen LogP contribution in [0.1, 0.15) is 17.2 Å². The lowest BCUT2D eigenvalue weighted by molar-refractivity contribution is -0.111. The lowest BCUT2D eigenvalue weighted by Gasteiger charge is -2.12. The van der Waals surface area contributed by atoms with Gasteiger partial charge in [-0.15, -0.1) is 0 Å². The summed E-state index contributed by atoms with van der Waals surface area (Å²) in [5.74, 6) is 1.25. The first-order valence-electron chi connectivity index (χ1n) is 6.59. The van der Waals surface area contributed by atoms with Crippen LogP contribution in [0.15, 0.2) is 36.4 Å². The molecule has 0 saturated heterocycles. The first-order valence-corrected chi connectivity index (χ1v) is 6.97. The molecule has 1 unspecified atom stereocenters. The fourth-order valence-corrected chi connectivity index (χ4v) is 2.81. The number of nitrogens with two attached hydrogens (primary N) is 1. The lowest BCUT2D eigenvalue weighted by atomic mass is 10.1. The number of anilines is 1. The smallest absolute Gasteiger partial charge is 0.146 e. The molecule has 1 heterocycles. The number of carbonyl (C=O) groups excluding carboxylic acids is 1. The summed E-state index contributed by atoms with van der Waals surface area (Å²) in [6.07, 6.45) is 0.962. The van der Waals surface area contributed by atoms with Crippen molar-refractivity contribution in [2.45, 2.75) is 12.6 Å². The van der Waals surface area contributed by atoms with Gasteiger partial charge in [0.15, 0.2) is 0 Å². The number of halogens is 1. The third-order valence-electron chi connectivity index (χ3n) is 3.64. The second kappa shape index (κ2) is 5.39. The van der Waals surface area contributed by atoms with Crippen LogP contribution in [-0.4, -0.2) is 18.2 Å². The first-order chi connectivity index (χ1) is 10.1. The van der Waals surface area contributed by atoms with Crippen LogP contribution in [0.3, 0.4) is 0 Å². The molecule has 2 aromatic carbocycles. The fourth-order valence-electron chi connectivity index (χ4n) is 2.58. The van der Waals surface area contributed by atoms with Gasteiger partial charge >= 0.3 is 0 Å². The highest BCUT2D eigenvalue weighted by Crippen LogP contribution is 2.36. The quantitative estimate of drug-likeness (QED) is 0.697. The van der Waals surface area contributed by atoms with Gasteiger partial charge < -0.3 is 15.3 Å². The summed E-state index contributed by atoms with van der Waals surface area (Å²) < 4.78 is 5.80. The molecule has 1 aliphatic heterocycles. The zero-order valence-electron chi connectivity index (χ0n) is 11.5. The molecule has 4 nitrogen and oxygen atoms in total. The van der Waals surface area contributed by atoms with Gasteiger partial charge in [-0.25, -0.2) is 0 Å². The van der Waals surface area contributed by atoms with Gasteiger partial charge in [0.25, 0.3) is 0 Å². The minimum atomic E-state index is -0.172. The fraction of sp³-hybridized carbons (Fsp3) is 0.188. The molecule has 1 atom stereocenters. The molecule has 0 fully saturated rings. The van der Waals surface area contributed by atoms with Crippen molar-refractivity contribution in [2.24, 2.45) is 0 Å². The Morgan fingerprint density at radius 1 is 1.33 bits per heavy atom. The van der Waals surface area contributed by atoms with Crippen LogP contribution in [0.2, 0.25) is 5.02 Å². The van der Waals surface area contributed by atoms with E-state index in [4.69, 9.17) is 22.1 Å². The van der Waals surface area contributed by atoms with E-state index in [1.54, 1.807) is 18.2 Å². The molecule has 2 N–H and O–H groups in total. The number of aldehydes is 1. The molecule has 0 aliphatic carbocycles. The third kappa shape index (κ3) is 2.60. The summed E-state index contributed by atoms with van der Waals surface area (Å²) in [6.45, 7) is 0.728. The lowest BCUT2D eigenvalue weighted by Crippen LogP contribution is -2.17. The summed E-state index contributed by atoms with van der Waals surface area (Å²) >= 11 is 6.11. The summed E-state index contributed by atoms with van der Waals surface area (Å²) in [7, 11) is 1.93. The highest BCUT2D eigenvalue weighted by Gasteiger charge is 2.27. The first kappa shape index (κ1) is 13.9. The predicted molar refractivity (Wildman–Crippen MR) is 82.7 cm³/mol. The zero-order chi connectivity index (χ0) is 15.0. The second-order valence-electron chi connectivity index (χ2n) is 5.15. The minimum Gasteiger partial charge on any atom is -0.456 e. The number of nitrogen functional groups attached to an aromatic ring is 1. The molecule has 0 aromatic heterocycles. The number of hydrogen-bond acceptors (Lipinski definition) is 4. The Kier molecular flexibility index (Phi) is 3.57. The summed E-state index contributed by atoms with van der Waals surface area (Å²) in [5, 5.41) is 0.471. The summed E-state index contributed by atoms with van der Waals surface area (Å²) in [5.41, 5.74) is 8.38. The largest absolute Gasteiger partial charge is 0.456 e. The second-order valence-corrected chi connectivity index (χ2v) is 5.56. The van der Waals surface area contributed by atoms with Gasteiger partial charge in [0.1, 0.15) is 17.8 Å². The van der Waals surface area contributed by atoms with E-state index >= 15 is 0 Å². The topological polar surface area (TPSA) is 55.6 Å². The van der Waals surface area contributed by atoms with Gasteiger partial charge in [-0.1, -0.05) is 17.7 Å². The molecule has 0 saturated carbocycles. The number of likely N-dealkylation sites (N-methyl/N-ethyl adjacent to an activating group) is 1. The Hall–Kier alpha value is -2.04. The van der Waals surface area contributed by atoms with Crippen molar-refractivity contribution in [1.82, 2.24) is 4.90 Å². The number of benzene rings is 2. The van der Waals surface area contributed by atoms with Crippen LogP contribution in [0.5, 0.6) is 11.5 Å². The average molecular weight is 303 g/mol. The van der Waals surface area contributed by atoms with E-state index in [0.717, 1.165) is 24.0 Å². The van der Waals surface area contributed by atoms with E-state index in [1.165, 1.54) is 0 Å². The van der Waals surface area contributed by atoms with Gasteiger partial charge in [0.2, 0.25) is 0 Å². The number of nitrogens with zero attached hydrogens (tertiary/aromatic N) is 1. The Morgan fingerprint density at radius 3 is 2.86 bits per heavy atom. The van der Waals surface area contributed by atoms with Crippen molar-refractivity contribution in [3.05, 3.63) is 52.5 Å². The number of fused-ring (bicyclic) bond motifs is 1. The van der Waals surface area contributed by atoms with Crippen LogP contribution in [0, 0.1) is 0 Å². The molecule has 21 heavy (non-hydrogen) atoms. The Morgan fingerprint density at radius 2 is 2.14 bits per heavy atom. The molecule has 0 amide bonds. The molecule has 0 radical (unpaired) electrons. The van der Waals surface area contributed by atoms with Crippen molar-refractivity contribution in [3.8, 4) is 11.5 Å². The van der Waals surface area contributed by atoms with Crippen LogP contribution >= 0.6 is 11.6 Å². The average Bonchev–Trinajstić information content (AvgIpc) is 2.76. The molecule has 2 aromatic rings. The van der Waals surface area contributed by atoms with E-state index in [9.17, 15) is 4.79 Å². The van der Waals surface area contributed by atoms with E-state index in [0.29, 0.717) is 22.2 Å². The molecule has 1 aliphatic rings. The van der Waals surface area contributed by atoms with Crippen LogP contribution in [0.4, 0.5) is 5.69 Å². The van der Waals surface area contributed by atoms with E-state index in [-0.39, 0.29) is 6.04 Å². The van der Waals surface area contributed by atoms with E-state index in [1.807, 2.05) is 30.1 Å². The predicted octanol–water partition coefficient (Wildman–Crippen LogP) is 3.40. The number of ether oxygens (including phenoxy) is 1. The normalized spacial score (nSPS) is 17.5. The van der Waals surface area contributed by atoms with E-state index in [2.05, 4.69) is 0 Å². The Bertz CT molecular complexity index is 703. The Labute approximate surface area is 128 Å². The maximum Gasteiger partial charge on any atom is 0.146 e. The highest BCUT2D eigenvalue weighted by molar-refractivity contribution is 6.32. The van der Waals surface area contributed by atoms with Gasteiger partial charge in [-0.05, 0) is 48.5 Å². The van der Waals surface area contributed by atoms with Crippen molar-refractivity contribution < 1.29 is 9.53 Å². The van der Waals surface area contributed by atoms with Gasteiger partial charge in [0, 0.05) is 12.2 Å². The van der Waals surface area contributed by atoms with Crippen molar-refractivity contribution >= 4 is 23.6 Å². The molecular weight excluding hydrogens is 288 g/mol. The SMILES string of the molecule is CN1Cc2cc(Oc3ccc(N)cc3Cl)ccc2C1C=O. The summed E-state index contributed by atoms with van der Waals surface area (Å²) in [4.78, 5) is 13.1. The van der Waals surface area contributed by atoms with Crippen molar-refractivity contribution in [3.63, 3.8) is 0 Å². The van der Waals surface area contributed by atoms with Crippen molar-refractivity contribution in [2.75, 3.05) is 12.8 Å². The zero-order valence-corrected chi connectivity index (χ0v) is 12.3. The molecule has 0 spiro atoms. The molecule has 3 rings (SSSR count).